The summed E-state index contributed by atoms with van der Waals surface area (Å²) in [5.74, 6) is 1.32. The molecule has 0 aromatic heterocycles. The Morgan fingerprint density at radius 1 is 0.731 bits per heavy atom. The standard InChI is InChI=1S/C24H46N2/c1-3-5-7-8-9-10-11-12-13-14-15-16-17-18-19-20-24-25-21-23-26(24)22-6-4-2/h18-19H,3-17,20-23H2,1-2H3. The van der Waals surface area contributed by atoms with E-state index in [1.807, 2.05) is 0 Å². The summed E-state index contributed by atoms with van der Waals surface area (Å²) in [5, 5.41) is 0. The van der Waals surface area contributed by atoms with E-state index in [4.69, 9.17) is 0 Å². The zero-order valence-corrected chi connectivity index (χ0v) is 18.0. The third kappa shape index (κ3) is 12.5. The second-order valence-electron chi connectivity index (χ2n) is 7.99. The quantitative estimate of drug-likeness (QED) is 0.182. The number of hydrogen-bond acceptors (Lipinski definition) is 2. The molecule has 26 heavy (non-hydrogen) atoms. The Morgan fingerprint density at radius 2 is 1.31 bits per heavy atom. The molecule has 0 atom stereocenters. The van der Waals surface area contributed by atoms with Gasteiger partial charge in [-0.15, -0.1) is 0 Å². The van der Waals surface area contributed by atoms with Crippen LogP contribution < -0.4 is 0 Å². The van der Waals surface area contributed by atoms with Crippen molar-refractivity contribution in [3.63, 3.8) is 0 Å². The van der Waals surface area contributed by atoms with Crippen LogP contribution in [0.1, 0.15) is 117 Å². The third-order valence-electron chi connectivity index (χ3n) is 5.50. The van der Waals surface area contributed by atoms with Crippen LogP contribution in [0.25, 0.3) is 0 Å². The van der Waals surface area contributed by atoms with Gasteiger partial charge in [-0.25, -0.2) is 0 Å². The Morgan fingerprint density at radius 3 is 1.92 bits per heavy atom. The highest BCUT2D eigenvalue weighted by Gasteiger charge is 2.13. The first-order valence-electron chi connectivity index (χ1n) is 11.8. The Labute approximate surface area is 164 Å². The van der Waals surface area contributed by atoms with Crippen LogP contribution in [0.2, 0.25) is 0 Å². The lowest BCUT2D eigenvalue weighted by molar-refractivity contribution is 0.438. The van der Waals surface area contributed by atoms with Crippen molar-refractivity contribution < 1.29 is 0 Å². The first kappa shape index (κ1) is 23.2. The fourth-order valence-electron chi connectivity index (χ4n) is 3.72. The number of rotatable bonds is 18. The molecule has 1 aliphatic heterocycles. The van der Waals surface area contributed by atoms with E-state index in [2.05, 4.69) is 35.9 Å². The molecule has 0 saturated heterocycles. The second-order valence-corrected chi connectivity index (χ2v) is 7.99. The highest BCUT2D eigenvalue weighted by atomic mass is 15.2. The highest BCUT2D eigenvalue weighted by Crippen LogP contribution is 2.13. The first-order chi connectivity index (χ1) is 12.9. The Bertz CT molecular complexity index is 359. The summed E-state index contributed by atoms with van der Waals surface area (Å²) in [5.41, 5.74) is 0. The van der Waals surface area contributed by atoms with E-state index in [0.717, 1.165) is 19.5 Å². The first-order valence-corrected chi connectivity index (χ1v) is 11.8. The molecule has 0 aromatic rings. The van der Waals surface area contributed by atoms with Crippen LogP contribution in [0.5, 0.6) is 0 Å². The summed E-state index contributed by atoms with van der Waals surface area (Å²) in [6.07, 6.45) is 26.8. The van der Waals surface area contributed by atoms with Gasteiger partial charge in [0.25, 0.3) is 0 Å². The minimum absolute atomic E-state index is 1.01. The molecule has 1 aliphatic rings. The lowest BCUT2D eigenvalue weighted by Crippen LogP contribution is -2.28. The number of amidine groups is 1. The Kier molecular flexibility index (Phi) is 15.8. The van der Waals surface area contributed by atoms with Gasteiger partial charge in [-0.2, -0.15) is 0 Å². The largest absolute Gasteiger partial charge is 0.358 e. The summed E-state index contributed by atoms with van der Waals surface area (Å²) in [6, 6.07) is 0. The van der Waals surface area contributed by atoms with Crippen molar-refractivity contribution in [3.8, 4) is 0 Å². The second kappa shape index (κ2) is 17.6. The average molecular weight is 363 g/mol. The van der Waals surface area contributed by atoms with Crippen LogP contribution in [0.4, 0.5) is 0 Å². The van der Waals surface area contributed by atoms with Crippen molar-refractivity contribution in [1.82, 2.24) is 4.90 Å². The summed E-state index contributed by atoms with van der Waals surface area (Å²) in [4.78, 5) is 7.15. The van der Waals surface area contributed by atoms with Crippen LogP contribution in [0.15, 0.2) is 17.1 Å². The average Bonchev–Trinajstić information content (AvgIpc) is 3.10. The molecule has 1 rings (SSSR count). The van der Waals surface area contributed by atoms with Crippen LogP contribution in [0.3, 0.4) is 0 Å². The van der Waals surface area contributed by atoms with Crippen molar-refractivity contribution in [2.24, 2.45) is 4.99 Å². The lowest BCUT2D eigenvalue weighted by Gasteiger charge is -2.18. The number of nitrogens with zero attached hydrogens (tertiary/aromatic N) is 2. The fourth-order valence-corrected chi connectivity index (χ4v) is 3.72. The molecule has 2 nitrogen and oxygen atoms in total. The highest BCUT2D eigenvalue weighted by molar-refractivity contribution is 5.85. The van der Waals surface area contributed by atoms with Crippen molar-refractivity contribution in [1.29, 1.82) is 0 Å². The predicted octanol–water partition coefficient (Wildman–Crippen LogP) is 7.54. The van der Waals surface area contributed by atoms with Gasteiger partial charge in [-0.1, -0.05) is 103 Å². The van der Waals surface area contributed by atoms with Crippen LogP contribution in [-0.4, -0.2) is 30.4 Å². The Hall–Kier alpha value is -0.790. The summed E-state index contributed by atoms with van der Waals surface area (Å²) >= 11 is 0. The zero-order valence-electron chi connectivity index (χ0n) is 18.0. The molecule has 2 heteroatoms. The number of hydrogen-bond donors (Lipinski definition) is 0. The van der Waals surface area contributed by atoms with E-state index in [9.17, 15) is 0 Å². The van der Waals surface area contributed by atoms with Crippen molar-refractivity contribution in [2.45, 2.75) is 117 Å². The predicted molar refractivity (Wildman–Crippen MR) is 118 cm³/mol. The molecule has 0 N–H and O–H groups in total. The Balaban J connectivity index is 1.85. The monoisotopic (exact) mass is 362 g/mol. The molecular weight excluding hydrogens is 316 g/mol. The van der Waals surface area contributed by atoms with E-state index in [0.29, 0.717) is 0 Å². The van der Waals surface area contributed by atoms with Gasteiger partial charge in [0.05, 0.1) is 6.54 Å². The van der Waals surface area contributed by atoms with E-state index >= 15 is 0 Å². The van der Waals surface area contributed by atoms with Gasteiger partial charge in [0, 0.05) is 19.5 Å². The molecule has 152 valence electrons. The normalized spacial score (nSPS) is 14.5. The molecule has 0 aliphatic carbocycles. The van der Waals surface area contributed by atoms with E-state index in [-0.39, 0.29) is 0 Å². The third-order valence-corrected chi connectivity index (χ3v) is 5.50. The van der Waals surface area contributed by atoms with Gasteiger partial charge in [-0.3, -0.25) is 4.99 Å². The lowest BCUT2D eigenvalue weighted by atomic mass is 10.0. The van der Waals surface area contributed by atoms with Gasteiger partial charge in [0.1, 0.15) is 5.84 Å². The fraction of sp³-hybridized carbons (Fsp3) is 0.875. The maximum Gasteiger partial charge on any atom is 0.103 e. The van der Waals surface area contributed by atoms with Gasteiger partial charge in [0.2, 0.25) is 0 Å². The van der Waals surface area contributed by atoms with Gasteiger partial charge < -0.3 is 4.90 Å². The maximum atomic E-state index is 4.66. The number of unbranched alkanes of at least 4 members (excludes halogenated alkanes) is 13. The van der Waals surface area contributed by atoms with E-state index in [1.165, 1.54) is 109 Å². The SMILES string of the molecule is CCCCCCCCCCCCCCC=CCC1=NCCN1CCCC. The summed E-state index contributed by atoms with van der Waals surface area (Å²) in [7, 11) is 0. The molecule has 1 heterocycles. The van der Waals surface area contributed by atoms with Crippen LogP contribution in [-0.2, 0) is 0 Å². The molecule has 0 radical (unpaired) electrons. The molecule has 0 saturated carbocycles. The van der Waals surface area contributed by atoms with Crippen LogP contribution in [0, 0.1) is 0 Å². The van der Waals surface area contributed by atoms with E-state index < -0.39 is 0 Å². The summed E-state index contributed by atoms with van der Waals surface area (Å²) in [6.45, 7) is 7.90. The van der Waals surface area contributed by atoms with Crippen molar-refractivity contribution in [3.05, 3.63) is 12.2 Å². The van der Waals surface area contributed by atoms with Gasteiger partial charge in [-0.05, 0) is 19.3 Å². The zero-order chi connectivity index (χ0) is 18.7. The molecule has 0 unspecified atom stereocenters. The minimum atomic E-state index is 1.01. The van der Waals surface area contributed by atoms with E-state index in [1.54, 1.807) is 0 Å². The minimum Gasteiger partial charge on any atom is -0.358 e. The molecular formula is C24H46N2. The topological polar surface area (TPSA) is 15.6 Å². The summed E-state index contributed by atoms with van der Waals surface area (Å²) < 4.78 is 0. The number of aliphatic imine (C=N–C) groups is 1. The maximum absolute atomic E-state index is 4.66. The van der Waals surface area contributed by atoms with Gasteiger partial charge >= 0.3 is 0 Å². The molecule has 0 spiro atoms. The van der Waals surface area contributed by atoms with Crippen molar-refractivity contribution in [2.75, 3.05) is 19.6 Å². The number of allylic oxidation sites excluding steroid dienone is 1. The molecule has 0 bridgehead atoms. The smallest absolute Gasteiger partial charge is 0.103 e. The molecule has 0 fully saturated rings. The molecule has 0 aromatic carbocycles. The van der Waals surface area contributed by atoms with Crippen molar-refractivity contribution >= 4 is 5.84 Å². The molecule has 0 amide bonds. The van der Waals surface area contributed by atoms with Gasteiger partial charge in [0.15, 0.2) is 0 Å². The van der Waals surface area contributed by atoms with Crippen LogP contribution >= 0.6 is 0 Å².